The van der Waals surface area contributed by atoms with Gasteiger partial charge in [-0.1, -0.05) is 12.1 Å². The lowest BCUT2D eigenvalue weighted by molar-refractivity contribution is 0.627. The molecule has 1 aromatic heterocycles. The van der Waals surface area contributed by atoms with Gasteiger partial charge in [0.05, 0.1) is 0 Å². The topological polar surface area (TPSA) is 39.9 Å². The van der Waals surface area contributed by atoms with Gasteiger partial charge in [-0.25, -0.2) is 9.37 Å². The van der Waals surface area contributed by atoms with Crippen molar-refractivity contribution in [2.75, 3.05) is 11.9 Å². The molecule has 0 radical (unpaired) electrons. The summed E-state index contributed by atoms with van der Waals surface area (Å²) in [7, 11) is 1.85. The molecule has 0 spiro atoms. The summed E-state index contributed by atoms with van der Waals surface area (Å²) in [5.41, 5.74) is 2.00. The van der Waals surface area contributed by atoms with Crippen LogP contribution < -0.4 is 4.90 Å². The van der Waals surface area contributed by atoms with Crippen molar-refractivity contribution in [2.45, 2.75) is 6.54 Å². The van der Waals surface area contributed by atoms with Gasteiger partial charge in [-0.15, -0.1) is 0 Å². The fraction of sp³-hybridized carbons (Fsp3) is 0.143. The number of anilines is 1. The lowest BCUT2D eigenvalue weighted by Gasteiger charge is -2.19. The highest BCUT2D eigenvalue weighted by Gasteiger charge is 2.07. The molecule has 1 aromatic carbocycles. The molecular weight excluding hydrogens is 229 g/mol. The fourth-order valence-corrected chi connectivity index (χ4v) is 1.73. The van der Waals surface area contributed by atoms with E-state index in [0.29, 0.717) is 12.2 Å². The minimum atomic E-state index is -0.272. The molecule has 0 saturated carbocycles. The van der Waals surface area contributed by atoms with Gasteiger partial charge >= 0.3 is 0 Å². The van der Waals surface area contributed by atoms with Crippen LogP contribution in [0.15, 0.2) is 42.6 Å². The van der Waals surface area contributed by atoms with Gasteiger partial charge in [-0.3, -0.25) is 0 Å². The summed E-state index contributed by atoms with van der Waals surface area (Å²) in [6, 6.07) is 12.0. The molecule has 0 aliphatic heterocycles. The summed E-state index contributed by atoms with van der Waals surface area (Å²) >= 11 is 0. The number of nitriles is 1. The van der Waals surface area contributed by atoms with Crippen molar-refractivity contribution in [2.24, 2.45) is 0 Å². The first kappa shape index (κ1) is 12.1. The monoisotopic (exact) mass is 241 g/mol. The van der Waals surface area contributed by atoms with Crippen molar-refractivity contribution < 1.29 is 4.39 Å². The Morgan fingerprint density at radius 2 is 2.17 bits per heavy atom. The molecule has 0 aliphatic carbocycles. The predicted octanol–water partition coefficient (Wildman–Crippen LogP) is 2.73. The number of halogens is 1. The molecule has 2 rings (SSSR count). The van der Waals surface area contributed by atoms with E-state index in [1.165, 1.54) is 12.1 Å². The Morgan fingerprint density at radius 1 is 1.33 bits per heavy atom. The van der Waals surface area contributed by atoms with Gasteiger partial charge < -0.3 is 4.90 Å². The van der Waals surface area contributed by atoms with Crippen LogP contribution in [0.25, 0.3) is 0 Å². The molecule has 0 N–H and O–H groups in total. The maximum Gasteiger partial charge on any atom is 0.145 e. The van der Waals surface area contributed by atoms with Crippen molar-refractivity contribution in [3.8, 4) is 6.07 Å². The van der Waals surface area contributed by atoms with E-state index in [1.807, 2.05) is 24.1 Å². The van der Waals surface area contributed by atoms with E-state index in [0.717, 1.165) is 11.3 Å². The third-order valence-electron chi connectivity index (χ3n) is 2.65. The Hall–Kier alpha value is -2.41. The summed E-state index contributed by atoms with van der Waals surface area (Å²) in [6.45, 7) is 0.514. The van der Waals surface area contributed by atoms with Crippen molar-refractivity contribution in [3.63, 3.8) is 0 Å². The molecule has 3 nitrogen and oxygen atoms in total. The summed E-state index contributed by atoms with van der Waals surface area (Å²) < 4.78 is 13.1. The highest BCUT2D eigenvalue weighted by molar-refractivity contribution is 5.47. The fourth-order valence-electron chi connectivity index (χ4n) is 1.73. The smallest absolute Gasteiger partial charge is 0.145 e. The molecular formula is C14H12FN3. The Kier molecular flexibility index (Phi) is 3.54. The van der Waals surface area contributed by atoms with E-state index in [-0.39, 0.29) is 5.82 Å². The Labute approximate surface area is 105 Å². The lowest BCUT2D eigenvalue weighted by atomic mass is 10.2. The molecule has 0 fully saturated rings. The van der Waals surface area contributed by atoms with Crippen LogP contribution in [0.2, 0.25) is 0 Å². The molecule has 0 bridgehead atoms. The second kappa shape index (κ2) is 5.28. The number of benzene rings is 1. The molecule has 0 saturated heterocycles. The zero-order valence-corrected chi connectivity index (χ0v) is 9.97. The molecule has 2 aromatic rings. The van der Waals surface area contributed by atoms with Gasteiger partial charge in [-0.2, -0.15) is 5.26 Å². The first-order valence-electron chi connectivity index (χ1n) is 5.51. The maximum absolute atomic E-state index is 13.1. The van der Waals surface area contributed by atoms with Crippen molar-refractivity contribution >= 4 is 5.69 Å². The highest BCUT2D eigenvalue weighted by atomic mass is 19.1. The molecule has 0 unspecified atom stereocenters. The zero-order valence-electron chi connectivity index (χ0n) is 9.97. The number of aromatic nitrogens is 1. The van der Waals surface area contributed by atoms with Crippen LogP contribution in [0.5, 0.6) is 0 Å². The highest BCUT2D eigenvalue weighted by Crippen LogP contribution is 2.17. The minimum Gasteiger partial charge on any atom is -0.370 e. The number of hydrogen-bond acceptors (Lipinski definition) is 3. The summed E-state index contributed by atoms with van der Waals surface area (Å²) in [5.74, 6) is -0.272. The average Bonchev–Trinajstić information content (AvgIpc) is 2.39. The van der Waals surface area contributed by atoms with Crippen LogP contribution in [-0.2, 0) is 6.54 Å². The van der Waals surface area contributed by atoms with E-state index >= 15 is 0 Å². The van der Waals surface area contributed by atoms with Crippen LogP contribution in [0.3, 0.4) is 0 Å². The molecule has 90 valence electrons. The van der Waals surface area contributed by atoms with E-state index in [9.17, 15) is 4.39 Å². The van der Waals surface area contributed by atoms with Crippen LogP contribution in [0.1, 0.15) is 11.3 Å². The number of hydrogen-bond donors (Lipinski definition) is 0. The molecule has 18 heavy (non-hydrogen) atoms. The van der Waals surface area contributed by atoms with Crippen LogP contribution in [0, 0.1) is 17.1 Å². The second-order valence-corrected chi connectivity index (χ2v) is 3.96. The Morgan fingerprint density at radius 3 is 2.89 bits per heavy atom. The maximum atomic E-state index is 13.1. The SMILES string of the molecule is CN(Cc1cccnc1C#N)c1cccc(F)c1. The van der Waals surface area contributed by atoms with Gasteiger partial charge in [0.2, 0.25) is 0 Å². The van der Waals surface area contributed by atoms with Gasteiger partial charge in [0.1, 0.15) is 17.6 Å². The van der Waals surface area contributed by atoms with E-state index in [2.05, 4.69) is 11.1 Å². The zero-order chi connectivity index (χ0) is 13.0. The van der Waals surface area contributed by atoms with Gasteiger partial charge in [0, 0.05) is 31.0 Å². The van der Waals surface area contributed by atoms with Crippen molar-refractivity contribution in [1.82, 2.24) is 4.98 Å². The molecule has 0 atom stereocenters. The largest absolute Gasteiger partial charge is 0.370 e. The Bertz CT molecular complexity index is 590. The van der Waals surface area contributed by atoms with Crippen LogP contribution in [-0.4, -0.2) is 12.0 Å². The minimum absolute atomic E-state index is 0.272. The Balaban J connectivity index is 2.22. The van der Waals surface area contributed by atoms with Crippen LogP contribution in [0.4, 0.5) is 10.1 Å². The van der Waals surface area contributed by atoms with Gasteiger partial charge in [-0.05, 0) is 24.3 Å². The van der Waals surface area contributed by atoms with Gasteiger partial charge in [0.15, 0.2) is 0 Å². The third-order valence-corrected chi connectivity index (χ3v) is 2.65. The normalized spacial score (nSPS) is 9.83. The molecule has 1 heterocycles. The summed E-state index contributed by atoms with van der Waals surface area (Å²) in [5, 5.41) is 8.95. The number of pyridine rings is 1. The molecule has 4 heteroatoms. The lowest BCUT2D eigenvalue weighted by Crippen LogP contribution is -2.17. The first-order valence-corrected chi connectivity index (χ1v) is 5.51. The summed E-state index contributed by atoms with van der Waals surface area (Å²) in [6.07, 6.45) is 1.59. The summed E-state index contributed by atoms with van der Waals surface area (Å²) in [4.78, 5) is 5.88. The molecule has 0 amide bonds. The van der Waals surface area contributed by atoms with Crippen LogP contribution >= 0.6 is 0 Å². The van der Waals surface area contributed by atoms with Gasteiger partial charge in [0.25, 0.3) is 0 Å². The van der Waals surface area contributed by atoms with Crippen molar-refractivity contribution in [3.05, 3.63) is 59.7 Å². The average molecular weight is 241 g/mol. The quantitative estimate of drug-likeness (QED) is 0.829. The second-order valence-electron chi connectivity index (χ2n) is 3.96. The van der Waals surface area contributed by atoms with E-state index in [4.69, 9.17) is 5.26 Å². The number of nitrogens with zero attached hydrogens (tertiary/aromatic N) is 3. The standard InChI is InChI=1S/C14H12FN3/c1-18(13-6-2-5-12(15)8-13)10-11-4-3-7-17-14(11)9-16/h2-8H,10H2,1H3. The van der Waals surface area contributed by atoms with Crippen molar-refractivity contribution in [1.29, 1.82) is 5.26 Å². The molecule has 0 aliphatic rings. The van der Waals surface area contributed by atoms with E-state index in [1.54, 1.807) is 18.3 Å². The van der Waals surface area contributed by atoms with E-state index < -0.39 is 0 Å². The third kappa shape index (κ3) is 2.64. The first-order chi connectivity index (χ1) is 8.70. The number of rotatable bonds is 3. The predicted molar refractivity (Wildman–Crippen MR) is 67.5 cm³/mol.